The van der Waals surface area contributed by atoms with Crippen molar-refractivity contribution in [2.24, 2.45) is 0 Å². The fraction of sp³-hybridized carbons (Fsp3) is 0.417. The van der Waals surface area contributed by atoms with Crippen LogP contribution in [0.25, 0.3) is 10.9 Å². The summed E-state index contributed by atoms with van der Waals surface area (Å²) in [5, 5.41) is 11.8. The molecule has 0 bridgehead atoms. The van der Waals surface area contributed by atoms with Crippen LogP contribution in [0.5, 0.6) is 0 Å². The summed E-state index contributed by atoms with van der Waals surface area (Å²) >= 11 is 0. The largest absolute Gasteiger partial charge is 0.315 e. The second-order valence-electron chi connectivity index (χ2n) is 3.88. The Morgan fingerprint density at radius 3 is 2.94 bits per heavy atom. The van der Waals surface area contributed by atoms with Gasteiger partial charge in [0.25, 0.3) is 5.56 Å². The lowest BCUT2D eigenvalue weighted by Crippen LogP contribution is -2.30. The van der Waals surface area contributed by atoms with Crippen molar-refractivity contribution in [2.75, 3.05) is 13.1 Å². The Bertz CT molecular complexity index is 549. The Balaban J connectivity index is 2.18. The lowest BCUT2D eigenvalue weighted by atomic mass is 10.2. The highest BCUT2D eigenvalue weighted by atomic mass is 16.1. The zero-order chi connectivity index (χ0) is 12.1. The number of aromatic nitrogens is 3. The molecule has 1 heterocycles. The smallest absolute Gasteiger partial charge is 0.277 e. The van der Waals surface area contributed by atoms with E-state index < -0.39 is 0 Å². The van der Waals surface area contributed by atoms with Crippen LogP contribution >= 0.6 is 0 Å². The van der Waals surface area contributed by atoms with Gasteiger partial charge in [0, 0.05) is 6.54 Å². The normalized spacial score (nSPS) is 10.9. The predicted molar refractivity (Wildman–Crippen MR) is 67.0 cm³/mol. The zero-order valence-corrected chi connectivity index (χ0v) is 9.89. The molecule has 0 amide bonds. The molecular formula is C12H16N4O. The molecule has 17 heavy (non-hydrogen) atoms. The van der Waals surface area contributed by atoms with Crippen LogP contribution < -0.4 is 10.9 Å². The van der Waals surface area contributed by atoms with Crippen molar-refractivity contribution in [3.8, 4) is 0 Å². The number of rotatable bonds is 5. The molecule has 0 aliphatic carbocycles. The number of hydrogen-bond acceptors (Lipinski definition) is 4. The van der Waals surface area contributed by atoms with Gasteiger partial charge in [-0.25, -0.2) is 4.68 Å². The Hall–Kier alpha value is -1.75. The van der Waals surface area contributed by atoms with Gasteiger partial charge in [-0.1, -0.05) is 24.3 Å². The summed E-state index contributed by atoms with van der Waals surface area (Å²) in [6.45, 7) is 4.35. The van der Waals surface area contributed by atoms with Crippen LogP contribution in [0.4, 0.5) is 0 Å². The molecule has 2 rings (SSSR count). The molecule has 0 fully saturated rings. The van der Waals surface area contributed by atoms with Crippen molar-refractivity contribution in [1.29, 1.82) is 0 Å². The molecule has 0 saturated carbocycles. The highest BCUT2D eigenvalue weighted by Crippen LogP contribution is 2.02. The number of benzene rings is 1. The van der Waals surface area contributed by atoms with Crippen LogP contribution in [-0.4, -0.2) is 28.1 Å². The van der Waals surface area contributed by atoms with Gasteiger partial charge < -0.3 is 5.32 Å². The van der Waals surface area contributed by atoms with Gasteiger partial charge >= 0.3 is 0 Å². The molecule has 5 nitrogen and oxygen atoms in total. The summed E-state index contributed by atoms with van der Waals surface area (Å²) in [7, 11) is 0. The van der Waals surface area contributed by atoms with Crippen LogP contribution in [-0.2, 0) is 6.54 Å². The van der Waals surface area contributed by atoms with Crippen LogP contribution in [0, 0.1) is 0 Å². The summed E-state index contributed by atoms with van der Waals surface area (Å²) in [4.78, 5) is 12.0. The van der Waals surface area contributed by atoms with Crippen molar-refractivity contribution in [3.63, 3.8) is 0 Å². The third kappa shape index (κ3) is 2.68. The van der Waals surface area contributed by atoms with Crippen molar-refractivity contribution in [3.05, 3.63) is 34.6 Å². The number of fused-ring (bicyclic) bond motifs is 1. The summed E-state index contributed by atoms with van der Waals surface area (Å²) in [6.07, 6.45) is 1.08. The van der Waals surface area contributed by atoms with Gasteiger partial charge in [0.05, 0.1) is 11.9 Å². The molecule has 1 aromatic heterocycles. The topological polar surface area (TPSA) is 59.8 Å². The Labute approximate surface area is 99.5 Å². The first-order valence-electron chi connectivity index (χ1n) is 5.86. The first kappa shape index (κ1) is 11.7. The van der Waals surface area contributed by atoms with Crippen molar-refractivity contribution < 1.29 is 0 Å². The minimum absolute atomic E-state index is 0.0751. The van der Waals surface area contributed by atoms with E-state index in [0.29, 0.717) is 17.4 Å². The lowest BCUT2D eigenvalue weighted by Gasteiger charge is -2.05. The monoisotopic (exact) mass is 232 g/mol. The second-order valence-corrected chi connectivity index (χ2v) is 3.88. The molecule has 0 spiro atoms. The van der Waals surface area contributed by atoms with Crippen molar-refractivity contribution in [2.45, 2.75) is 19.9 Å². The summed E-state index contributed by atoms with van der Waals surface area (Å²) < 4.78 is 1.41. The molecule has 0 saturated heterocycles. The number of hydrogen-bond donors (Lipinski definition) is 1. The minimum Gasteiger partial charge on any atom is -0.315 e. The molecule has 0 radical (unpaired) electrons. The molecule has 1 N–H and O–H groups in total. The maximum atomic E-state index is 12.0. The second kappa shape index (κ2) is 5.54. The van der Waals surface area contributed by atoms with Gasteiger partial charge in [-0.2, -0.15) is 0 Å². The maximum absolute atomic E-state index is 12.0. The fourth-order valence-corrected chi connectivity index (χ4v) is 1.66. The van der Waals surface area contributed by atoms with Gasteiger partial charge in [-0.3, -0.25) is 4.79 Å². The van der Waals surface area contributed by atoms with E-state index in [4.69, 9.17) is 0 Å². The Morgan fingerprint density at radius 1 is 1.29 bits per heavy atom. The van der Waals surface area contributed by atoms with Crippen molar-refractivity contribution >= 4 is 10.9 Å². The first-order chi connectivity index (χ1) is 8.33. The predicted octanol–water partition coefficient (Wildman–Crippen LogP) is 0.791. The highest BCUT2D eigenvalue weighted by molar-refractivity contribution is 5.76. The standard InChI is InChI=1S/C12H16N4O/c1-2-7-13-8-9-16-12(17)10-5-3-4-6-11(10)14-15-16/h3-6,13H,2,7-9H2,1H3. The number of nitrogens with zero attached hydrogens (tertiary/aromatic N) is 3. The summed E-state index contributed by atoms with van der Waals surface area (Å²) in [5.74, 6) is 0. The molecule has 5 heteroatoms. The van der Waals surface area contributed by atoms with Gasteiger partial charge in [0.2, 0.25) is 0 Å². The first-order valence-corrected chi connectivity index (χ1v) is 5.86. The van der Waals surface area contributed by atoms with Gasteiger partial charge in [-0.15, -0.1) is 5.10 Å². The third-order valence-electron chi connectivity index (χ3n) is 2.56. The fourth-order valence-electron chi connectivity index (χ4n) is 1.66. The number of nitrogens with one attached hydrogen (secondary N) is 1. The molecule has 2 aromatic rings. The quantitative estimate of drug-likeness (QED) is 0.774. The van der Waals surface area contributed by atoms with Crippen molar-refractivity contribution in [1.82, 2.24) is 20.3 Å². The molecule has 0 aliphatic heterocycles. The van der Waals surface area contributed by atoms with E-state index in [-0.39, 0.29) is 5.56 Å². The minimum atomic E-state index is -0.0751. The average molecular weight is 232 g/mol. The van der Waals surface area contributed by atoms with Crippen LogP contribution in [0.15, 0.2) is 29.1 Å². The van der Waals surface area contributed by atoms with Gasteiger partial charge in [-0.05, 0) is 25.1 Å². The molecule has 1 aromatic carbocycles. The Morgan fingerprint density at radius 2 is 2.12 bits per heavy atom. The van der Waals surface area contributed by atoms with E-state index in [1.54, 1.807) is 12.1 Å². The Kier molecular flexibility index (Phi) is 3.82. The van der Waals surface area contributed by atoms with E-state index in [1.165, 1.54) is 4.68 Å². The highest BCUT2D eigenvalue weighted by Gasteiger charge is 2.03. The van der Waals surface area contributed by atoms with E-state index >= 15 is 0 Å². The molecule has 0 unspecified atom stereocenters. The summed E-state index contributed by atoms with van der Waals surface area (Å²) in [6, 6.07) is 7.26. The maximum Gasteiger partial charge on any atom is 0.277 e. The van der Waals surface area contributed by atoms with Gasteiger partial charge in [0.1, 0.15) is 5.52 Å². The van der Waals surface area contributed by atoms with Crippen LogP contribution in [0.1, 0.15) is 13.3 Å². The van der Waals surface area contributed by atoms with E-state index in [1.807, 2.05) is 12.1 Å². The lowest BCUT2D eigenvalue weighted by molar-refractivity contribution is 0.513. The molecular weight excluding hydrogens is 216 g/mol. The van der Waals surface area contributed by atoms with E-state index in [2.05, 4.69) is 22.6 Å². The SMILES string of the molecule is CCCNCCn1nnc2ccccc2c1=O. The van der Waals surface area contributed by atoms with Crippen LogP contribution in [0.3, 0.4) is 0 Å². The van der Waals surface area contributed by atoms with E-state index in [0.717, 1.165) is 19.5 Å². The zero-order valence-electron chi connectivity index (χ0n) is 9.89. The summed E-state index contributed by atoms with van der Waals surface area (Å²) in [5.41, 5.74) is 0.573. The molecule has 0 aliphatic rings. The average Bonchev–Trinajstić information content (AvgIpc) is 2.37. The third-order valence-corrected chi connectivity index (χ3v) is 2.56. The van der Waals surface area contributed by atoms with E-state index in [9.17, 15) is 4.79 Å². The van der Waals surface area contributed by atoms with Gasteiger partial charge in [0.15, 0.2) is 0 Å². The molecule has 0 atom stereocenters. The van der Waals surface area contributed by atoms with Crippen LogP contribution in [0.2, 0.25) is 0 Å². The molecule has 90 valence electrons.